The molecule has 0 spiro atoms. The van der Waals surface area contributed by atoms with Crippen LogP contribution in [0.2, 0.25) is 0 Å². The summed E-state index contributed by atoms with van der Waals surface area (Å²) in [6, 6.07) is 3.79. The van der Waals surface area contributed by atoms with Crippen molar-refractivity contribution in [3.05, 3.63) is 36.0 Å². The lowest BCUT2D eigenvalue weighted by atomic mass is 9.85. The molecule has 2 aromatic heterocycles. The Morgan fingerprint density at radius 2 is 1.89 bits per heavy atom. The number of hydrogen-bond acceptors (Lipinski definition) is 7. The van der Waals surface area contributed by atoms with Crippen molar-refractivity contribution in [2.45, 2.75) is 51.1 Å². The molecule has 1 aromatic carbocycles. The van der Waals surface area contributed by atoms with E-state index in [2.05, 4.69) is 27.5 Å². The third-order valence-electron chi connectivity index (χ3n) is 7.05. The molecule has 5 rings (SSSR count). The second-order valence-corrected chi connectivity index (χ2v) is 9.43. The summed E-state index contributed by atoms with van der Waals surface area (Å²) < 4.78 is 36.3. The van der Waals surface area contributed by atoms with E-state index in [-0.39, 0.29) is 35.5 Å². The van der Waals surface area contributed by atoms with Crippen LogP contribution < -0.4 is 16.4 Å². The Bertz CT molecular complexity index is 1210. The molecule has 186 valence electrons. The summed E-state index contributed by atoms with van der Waals surface area (Å²) in [5.41, 5.74) is 6.30. The van der Waals surface area contributed by atoms with Crippen LogP contribution in [0.25, 0.3) is 11.2 Å². The molecule has 3 heterocycles. The average molecular weight is 486 g/mol. The maximum atomic E-state index is 14.4. The number of anilines is 3. The Kier molecular flexibility index (Phi) is 6.50. The Balaban J connectivity index is 1.52. The molecule has 2 fully saturated rings. The highest BCUT2D eigenvalue weighted by Gasteiger charge is 2.30. The van der Waals surface area contributed by atoms with Gasteiger partial charge in [-0.25, -0.2) is 18.7 Å². The first-order valence-corrected chi connectivity index (χ1v) is 12.0. The van der Waals surface area contributed by atoms with Gasteiger partial charge in [0.25, 0.3) is 0 Å². The predicted molar refractivity (Wildman–Crippen MR) is 127 cm³/mol. The molecule has 1 saturated carbocycles. The van der Waals surface area contributed by atoms with Crippen molar-refractivity contribution in [1.29, 1.82) is 0 Å². The van der Waals surface area contributed by atoms with Gasteiger partial charge in [0, 0.05) is 24.6 Å². The summed E-state index contributed by atoms with van der Waals surface area (Å²) in [5, 5.41) is 6.25. The number of ether oxygens (including phenoxy) is 1. The van der Waals surface area contributed by atoms with Gasteiger partial charge in [0.1, 0.15) is 22.8 Å². The smallest absolute Gasteiger partial charge is 0.224 e. The number of rotatable bonds is 6. The molecule has 0 radical (unpaired) electrons. The van der Waals surface area contributed by atoms with Gasteiger partial charge in [-0.2, -0.15) is 4.98 Å². The van der Waals surface area contributed by atoms with Crippen molar-refractivity contribution >= 4 is 34.7 Å². The third kappa shape index (κ3) is 4.77. The molecule has 1 saturated heterocycles. The minimum absolute atomic E-state index is 0.0716. The van der Waals surface area contributed by atoms with E-state index < -0.39 is 11.6 Å². The van der Waals surface area contributed by atoms with Crippen LogP contribution in [0.5, 0.6) is 0 Å². The molecule has 3 aromatic rings. The highest BCUT2D eigenvalue weighted by Crippen LogP contribution is 2.37. The molecular weight excluding hydrogens is 456 g/mol. The SMILES string of the molecule is C[C@H]1COCC[C@H]1Nc1ncc2nc(Nc3c(F)cccc3F)n(C3CCC(C(N)=O)CC3)c2n1. The first kappa shape index (κ1) is 23.4. The molecule has 0 bridgehead atoms. The lowest BCUT2D eigenvalue weighted by molar-refractivity contribution is -0.122. The number of imidazole rings is 1. The normalized spacial score (nSPS) is 24.9. The molecule has 2 aliphatic rings. The zero-order valence-electron chi connectivity index (χ0n) is 19.5. The van der Waals surface area contributed by atoms with Gasteiger partial charge in [-0.15, -0.1) is 0 Å². The van der Waals surface area contributed by atoms with Crippen LogP contribution in [-0.2, 0) is 9.53 Å². The minimum Gasteiger partial charge on any atom is -0.381 e. The first-order valence-electron chi connectivity index (χ1n) is 12.0. The Morgan fingerprint density at radius 1 is 1.14 bits per heavy atom. The van der Waals surface area contributed by atoms with E-state index in [0.29, 0.717) is 61.9 Å². The number of carbonyl (C=O) groups is 1. The molecule has 9 nitrogen and oxygen atoms in total. The fourth-order valence-electron chi connectivity index (χ4n) is 5.00. The van der Waals surface area contributed by atoms with E-state index in [9.17, 15) is 13.6 Å². The second kappa shape index (κ2) is 9.73. The van der Waals surface area contributed by atoms with Crippen LogP contribution in [0, 0.1) is 23.5 Å². The van der Waals surface area contributed by atoms with Gasteiger partial charge in [0.05, 0.1) is 12.8 Å². The second-order valence-electron chi connectivity index (χ2n) is 9.43. The molecule has 1 aliphatic carbocycles. The molecule has 1 amide bonds. The van der Waals surface area contributed by atoms with Crippen molar-refractivity contribution in [3.8, 4) is 0 Å². The summed E-state index contributed by atoms with van der Waals surface area (Å²) >= 11 is 0. The molecule has 0 unspecified atom stereocenters. The number of primary amides is 1. The van der Waals surface area contributed by atoms with E-state index in [4.69, 9.17) is 15.5 Å². The van der Waals surface area contributed by atoms with Gasteiger partial charge in [-0.05, 0) is 50.2 Å². The van der Waals surface area contributed by atoms with Crippen LogP contribution in [0.1, 0.15) is 45.1 Å². The fourth-order valence-corrected chi connectivity index (χ4v) is 5.00. The van der Waals surface area contributed by atoms with Gasteiger partial charge >= 0.3 is 0 Å². The number of nitrogens with two attached hydrogens (primary N) is 1. The Hall–Kier alpha value is -3.34. The maximum absolute atomic E-state index is 14.4. The molecule has 1 aliphatic heterocycles. The maximum Gasteiger partial charge on any atom is 0.224 e. The van der Waals surface area contributed by atoms with Crippen LogP contribution in [0.15, 0.2) is 24.4 Å². The summed E-state index contributed by atoms with van der Waals surface area (Å²) in [5.74, 6) is -0.873. The van der Waals surface area contributed by atoms with Crippen LogP contribution >= 0.6 is 0 Å². The monoisotopic (exact) mass is 485 g/mol. The number of carbonyl (C=O) groups excluding carboxylic acids is 1. The van der Waals surface area contributed by atoms with Crippen molar-refractivity contribution < 1.29 is 18.3 Å². The predicted octanol–water partition coefficient (Wildman–Crippen LogP) is 3.90. The van der Waals surface area contributed by atoms with Crippen molar-refractivity contribution in [3.63, 3.8) is 0 Å². The standard InChI is InChI=1S/C24H29F2N7O2/c1-13-12-35-10-9-18(13)29-23-28-11-19-22(32-23)33(15-7-5-14(6-8-15)21(27)34)24(30-19)31-20-16(25)3-2-4-17(20)26/h2-4,11,13-15,18H,5-10,12H2,1H3,(H2,27,34)(H,30,31)(H,28,29,32)/t13-,14?,15?,18+/m0/s1. The molecule has 11 heteroatoms. The zero-order chi connectivity index (χ0) is 24.5. The summed E-state index contributed by atoms with van der Waals surface area (Å²) in [6.45, 7) is 3.46. The van der Waals surface area contributed by atoms with Gasteiger partial charge in [-0.3, -0.25) is 9.36 Å². The Morgan fingerprint density at radius 3 is 2.57 bits per heavy atom. The molecular formula is C24H29F2N7O2. The van der Waals surface area contributed by atoms with Gasteiger partial charge in [0.15, 0.2) is 5.65 Å². The highest BCUT2D eigenvalue weighted by atomic mass is 19.1. The van der Waals surface area contributed by atoms with Crippen LogP contribution in [0.4, 0.5) is 26.4 Å². The van der Waals surface area contributed by atoms with Gasteiger partial charge in [-0.1, -0.05) is 13.0 Å². The topological polar surface area (TPSA) is 120 Å². The molecule has 35 heavy (non-hydrogen) atoms. The van der Waals surface area contributed by atoms with E-state index >= 15 is 0 Å². The van der Waals surface area contributed by atoms with Crippen LogP contribution in [-0.4, -0.2) is 44.7 Å². The average Bonchev–Trinajstić information content (AvgIpc) is 3.20. The molecule has 4 N–H and O–H groups in total. The fraction of sp³-hybridized carbons (Fsp3) is 0.500. The number of nitrogens with one attached hydrogen (secondary N) is 2. The first-order chi connectivity index (χ1) is 16.9. The molecule has 2 atom stereocenters. The van der Waals surface area contributed by atoms with E-state index in [1.54, 1.807) is 6.20 Å². The lowest BCUT2D eigenvalue weighted by Gasteiger charge is -2.30. The summed E-state index contributed by atoms with van der Waals surface area (Å²) in [4.78, 5) is 25.4. The minimum atomic E-state index is -0.719. The van der Waals surface area contributed by atoms with Crippen molar-refractivity contribution in [1.82, 2.24) is 19.5 Å². The lowest BCUT2D eigenvalue weighted by Crippen LogP contribution is -2.36. The van der Waals surface area contributed by atoms with Crippen molar-refractivity contribution in [2.24, 2.45) is 17.6 Å². The number of fused-ring (bicyclic) bond motifs is 1. The number of hydrogen-bond donors (Lipinski definition) is 3. The quantitative estimate of drug-likeness (QED) is 0.484. The Labute approximate surface area is 201 Å². The largest absolute Gasteiger partial charge is 0.381 e. The highest BCUT2D eigenvalue weighted by molar-refractivity contribution is 5.78. The number of halogens is 2. The van der Waals surface area contributed by atoms with Crippen LogP contribution in [0.3, 0.4) is 0 Å². The third-order valence-corrected chi connectivity index (χ3v) is 7.05. The number of nitrogens with zero attached hydrogens (tertiary/aromatic N) is 4. The summed E-state index contributed by atoms with van der Waals surface area (Å²) in [6.07, 6.45) is 5.04. The number of benzene rings is 1. The number of para-hydroxylation sites is 1. The van der Waals surface area contributed by atoms with E-state index in [1.165, 1.54) is 18.2 Å². The van der Waals surface area contributed by atoms with Crippen molar-refractivity contribution in [2.75, 3.05) is 23.8 Å². The van der Waals surface area contributed by atoms with Gasteiger partial charge in [0.2, 0.25) is 17.8 Å². The number of aromatic nitrogens is 4. The summed E-state index contributed by atoms with van der Waals surface area (Å²) in [7, 11) is 0. The van der Waals surface area contributed by atoms with E-state index in [1.807, 2.05) is 4.57 Å². The van der Waals surface area contributed by atoms with Gasteiger partial charge < -0.3 is 21.1 Å². The number of amides is 1. The van der Waals surface area contributed by atoms with E-state index in [0.717, 1.165) is 6.42 Å². The zero-order valence-corrected chi connectivity index (χ0v) is 19.5.